The van der Waals surface area contributed by atoms with Crippen LogP contribution in [0.2, 0.25) is 0 Å². The third-order valence-corrected chi connectivity index (χ3v) is 5.00. The molecule has 0 radical (unpaired) electrons. The van der Waals surface area contributed by atoms with Gasteiger partial charge in [-0.05, 0) is 38.5 Å². The van der Waals surface area contributed by atoms with Gasteiger partial charge in [0.1, 0.15) is 0 Å². The molecule has 128 valence electrons. The molecule has 0 aromatic heterocycles. The molecule has 0 bridgehead atoms. The third kappa shape index (κ3) is 3.88. The van der Waals surface area contributed by atoms with Gasteiger partial charge in [-0.15, -0.1) is 0 Å². The van der Waals surface area contributed by atoms with E-state index in [0.717, 1.165) is 12.1 Å². The molecule has 2 rings (SSSR count). The van der Waals surface area contributed by atoms with Gasteiger partial charge in [0, 0.05) is 29.0 Å². The standard InChI is InChI=1S/C16H19BrF3NO2/c1-15(2,3)21-7-11(12(8-21)14(22)23)10-5-4-9(6-13(10)17)16(18,19)20/h4-6,11-12H,7-8H2,1-3H3,(H,22,23)/t11-,12+/m1/s1. The van der Waals surface area contributed by atoms with E-state index in [1.54, 1.807) is 0 Å². The number of halogens is 4. The minimum atomic E-state index is -4.42. The molecular weight excluding hydrogens is 375 g/mol. The average molecular weight is 394 g/mol. The Morgan fingerprint density at radius 2 is 1.87 bits per heavy atom. The first-order chi connectivity index (χ1) is 10.4. The fourth-order valence-electron chi connectivity index (χ4n) is 2.92. The molecule has 3 nitrogen and oxygen atoms in total. The van der Waals surface area contributed by atoms with E-state index >= 15 is 0 Å². The van der Waals surface area contributed by atoms with Gasteiger partial charge in [-0.2, -0.15) is 13.2 Å². The summed E-state index contributed by atoms with van der Waals surface area (Å²) in [5.41, 5.74) is -0.330. The Hall–Kier alpha value is -1.08. The van der Waals surface area contributed by atoms with E-state index in [-0.39, 0.29) is 11.5 Å². The van der Waals surface area contributed by atoms with Crippen molar-refractivity contribution in [1.82, 2.24) is 4.90 Å². The van der Waals surface area contributed by atoms with E-state index in [4.69, 9.17) is 0 Å². The lowest BCUT2D eigenvalue weighted by atomic mass is 9.88. The van der Waals surface area contributed by atoms with Crippen LogP contribution in [-0.2, 0) is 11.0 Å². The zero-order chi connectivity index (χ0) is 17.6. The zero-order valence-electron chi connectivity index (χ0n) is 13.1. The predicted molar refractivity (Wildman–Crippen MR) is 84.3 cm³/mol. The van der Waals surface area contributed by atoms with Crippen molar-refractivity contribution in [1.29, 1.82) is 0 Å². The maximum Gasteiger partial charge on any atom is 0.416 e. The van der Waals surface area contributed by atoms with Crippen LogP contribution in [0.1, 0.15) is 37.8 Å². The molecule has 23 heavy (non-hydrogen) atoms. The molecule has 7 heteroatoms. The normalized spacial score (nSPS) is 23.3. The van der Waals surface area contributed by atoms with Gasteiger partial charge in [-0.25, -0.2) is 0 Å². The number of alkyl halides is 3. The molecule has 0 spiro atoms. The maximum absolute atomic E-state index is 12.8. The number of likely N-dealkylation sites (tertiary alicyclic amines) is 1. The molecule has 1 N–H and O–H groups in total. The van der Waals surface area contributed by atoms with Crippen molar-refractivity contribution in [3.63, 3.8) is 0 Å². The SMILES string of the molecule is CC(C)(C)N1C[C@H](C(=O)O)[C@@H](c2ccc(C(F)(F)F)cc2Br)C1. The predicted octanol–water partition coefficient (Wildman–Crippen LogP) is 4.37. The maximum atomic E-state index is 12.8. The van der Waals surface area contributed by atoms with Crippen LogP contribution >= 0.6 is 15.9 Å². The molecule has 1 heterocycles. The zero-order valence-corrected chi connectivity index (χ0v) is 14.7. The highest BCUT2D eigenvalue weighted by atomic mass is 79.9. The van der Waals surface area contributed by atoms with E-state index in [0.29, 0.717) is 23.1 Å². The summed E-state index contributed by atoms with van der Waals surface area (Å²) >= 11 is 3.19. The summed E-state index contributed by atoms with van der Waals surface area (Å²) in [6.07, 6.45) is -4.42. The van der Waals surface area contributed by atoms with Crippen LogP contribution in [-0.4, -0.2) is 34.6 Å². The minimum Gasteiger partial charge on any atom is -0.481 e. The number of hydrogen-bond donors (Lipinski definition) is 1. The number of rotatable bonds is 2. The molecule has 1 aromatic rings. The fourth-order valence-corrected chi connectivity index (χ4v) is 3.59. The molecule has 0 amide bonds. The summed E-state index contributed by atoms with van der Waals surface area (Å²) < 4.78 is 38.6. The fraction of sp³-hybridized carbons (Fsp3) is 0.562. The number of hydrogen-bond acceptors (Lipinski definition) is 2. The molecule has 0 saturated carbocycles. The van der Waals surface area contributed by atoms with Gasteiger partial charge in [0.2, 0.25) is 0 Å². The molecule has 1 aliphatic heterocycles. The van der Waals surface area contributed by atoms with Crippen molar-refractivity contribution in [3.8, 4) is 0 Å². The Balaban J connectivity index is 2.37. The monoisotopic (exact) mass is 393 g/mol. The minimum absolute atomic E-state index is 0.194. The Kier molecular flexibility index (Phi) is 4.84. The van der Waals surface area contributed by atoms with Gasteiger partial charge in [0.05, 0.1) is 11.5 Å². The highest BCUT2D eigenvalue weighted by molar-refractivity contribution is 9.10. The summed E-state index contributed by atoms with van der Waals surface area (Å²) in [6, 6.07) is 3.42. The van der Waals surface area contributed by atoms with Gasteiger partial charge in [-0.1, -0.05) is 22.0 Å². The van der Waals surface area contributed by atoms with Crippen molar-refractivity contribution < 1.29 is 23.1 Å². The van der Waals surface area contributed by atoms with Crippen molar-refractivity contribution in [2.75, 3.05) is 13.1 Å². The first-order valence-corrected chi connectivity index (χ1v) is 8.05. The van der Waals surface area contributed by atoms with Crippen molar-refractivity contribution in [2.24, 2.45) is 5.92 Å². The lowest BCUT2D eigenvalue weighted by Crippen LogP contribution is -2.40. The molecule has 0 unspecified atom stereocenters. The van der Waals surface area contributed by atoms with Crippen LogP contribution in [0.4, 0.5) is 13.2 Å². The highest BCUT2D eigenvalue weighted by Crippen LogP contribution is 2.41. The first-order valence-electron chi connectivity index (χ1n) is 7.25. The van der Waals surface area contributed by atoms with Crippen LogP contribution < -0.4 is 0 Å². The van der Waals surface area contributed by atoms with E-state index in [1.807, 2.05) is 20.8 Å². The molecule has 1 saturated heterocycles. The number of carbonyl (C=O) groups is 1. The van der Waals surface area contributed by atoms with E-state index in [2.05, 4.69) is 20.8 Å². The quantitative estimate of drug-likeness (QED) is 0.810. The molecule has 1 aliphatic rings. The summed E-state index contributed by atoms with van der Waals surface area (Å²) in [7, 11) is 0. The Bertz CT molecular complexity index is 610. The Morgan fingerprint density at radius 3 is 2.30 bits per heavy atom. The Morgan fingerprint density at radius 1 is 1.26 bits per heavy atom. The summed E-state index contributed by atoms with van der Waals surface area (Å²) in [4.78, 5) is 13.6. The number of benzene rings is 1. The number of aliphatic carboxylic acids is 1. The largest absolute Gasteiger partial charge is 0.481 e. The second-order valence-electron chi connectivity index (χ2n) is 6.86. The average Bonchev–Trinajstić information content (AvgIpc) is 2.82. The van der Waals surface area contributed by atoms with Gasteiger partial charge in [0.25, 0.3) is 0 Å². The van der Waals surface area contributed by atoms with E-state index in [1.165, 1.54) is 6.07 Å². The van der Waals surface area contributed by atoms with Crippen molar-refractivity contribution in [2.45, 2.75) is 38.4 Å². The lowest BCUT2D eigenvalue weighted by Gasteiger charge is -2.31. The summed E-state index contributed by atoms with van der Waals surface area (Å²) in [6.45, 7) is 6.88. The Labute approximate surface area is 141 Å². The molecule has 1 fully saturated rings. The van der Waals surface area contributed by atoms with Crippen LogP contribution in [0.15, 0.2) is 22.7 Å². The third-order valence-electron chi connectivity index (χ3n) is 4.31. The van der Waals surface area contributed by atoms with Gasteiger partial charge >= 0.3 is 12.1 Å². The number of nitrogens with zero attached hydrogens (tertiary/aromatic N) is 1. The van der Waals surface area contributed by atoms with Crippen LogP contribution in [0, 0.1) is 5.92 Å². The molecule has 2 atom stereocenters. The number of carboxylic acid groups (broad SMARTS) is 1. The van der Waals surface area contributed by atoms with Crippen LogP contribution in [0.25, 0.3) is 0 Å². The van der Waals surface area contributed by atoms with Gasteiger partial charge in [0.15, 0.2) is 0 Å². The molecular formula is C16H19BrF3NO2. The van der Waals surface area contributed by atoms with Crippen LogP contribution in [0.3, 0.4) is 0 Å². The smallest absolute Gasteiger partial charge is 0.416 e. The molecule has 0 aliphatic carbocycles. The van der Waals surface area contributed by atoms with E-state index < -0.39 is 23.6 Å². The first kappa shape index (κ1) is 18.3. The molecule has 1 aromatic carbocycles. The number of carboxylic acids is 1. The lowest BCUT2D eigenvalue weighted by molar-refractivity contribution is -0.142. The second kappa shape index (κ2) is 6.09. The van der Waals surface area contributed by atoms with Crippen molar-refractivity contribution >= 4 is 21.9 Å². The van der Waals surface area contributed by atoms with E-state index in [9.17, 15) is 23.1 Å². The summed E-state index contributed by atoms with van der Waals surface area (Å²) in [5.74, 6) is -1.90. The van der Waals surface area contributed by atoms with Gasteiger partial charge in [-0.3, -0.25) is 9.69 Å². The topological polar surface area (TPSA) is 40.5 Å². The highest BCUT2D eigenvalue weighted by Gasteiger charge is 2.43. The van der Waals surface area contributed by atoms with Gasteiger partial charge < -0.3 is 5.11 Å². The van der Waals surface area contributed by atoms with Crippen LogP contribution in [0.5, 0.6) is 0 Å². The van der Waals surface area contributed by atoms with Crippen molar-refractivity contribution in [3.05, 3.63) is 33.8 Å². The second-order valence-corrected chi connectivity index (χ2v) is 7.72. The summed E-state index contributed by atoms with van der Waals surface area (Å²) in [5, 5.41) is 9.48.